The maximum atomic E-state index is 12.8. The van der Waals surface area contributed by atoms with Gasteiger partial charge in [-0.3, -0.25) is 19.7 Å². The van der Waals surface area contributed by atoms with Gasteiger partial charge in [-0.1, -0.05) is 11.6 Å². The summed E-state index contributed by atoms with van der Waals surface area (Å²) in [6, 6.07) is -0.337. The third-order valence-corrected chi connectivity index (χ3v) is 4.82. The predicted octanol–water partition coefficient (Wildman–Crippen LogP) is 1.81. The summed E-state index contributed by atoms with van der Waals surface area (Å²) in [6.07, 6.45) is -2.53. The van der Waals surface area contributed by atoms with E-state index in [2.05, 4.69) is 20.3 Å². The number of amides is 2. The minimum absolute atomic E-state index is 0.214. The molecule has 0 aromatic carbocycles. The Hall–Kier alpha value is -3.75. The van der Waals surface area contributed by atoms with Crippen LogP contribution in [0.25, 0.3) is 0 Å². The molecule has 2 aromatic heterocycles. The van der Waals surface area contributed by atoms with Crippen LogP contribution in [0.2, 0.25) is 5.02 Å². The number of hydrogen-bond acceptors (Lipinski definition) is 9. The van der Waals surface area contributed by atoms with Crippen molar-refractivity contribution in [1.82, 2.24) is 20.3 Å². The normalized spacial score (nSPS) is 15.9. The smallest absolute Gasteiger partial charge is 0.413 e. The lowest BCUT2D eigenvalue weighted by Gasteiger charge is -2.24. The molecular formula is C17H15ClF3N7O5. The second-order valence-corrected chi connectivity index (χ2v) is 7.16. The molecule has 0 radical (unpaired) electrons. The van der Waals surface area contributed by atoms with Gasteiger partial charge in [0.25, 0.3) is 0 Å². The van der Waals surface area contributed by atoms with E-state index in [-0.39, 0.29) is 12.4 Å². The Morgan fingerprint density at radius 3 is 2.67 bits per heavy atom. The zero-order valence-corrected chi connectivity index (χ0v) is 17.3. The molecule has 12 nitrogen and oxygen atoms in total. The van der Waals surface area contributed by atoms with E-state index in [1.165, 1.54) is 4.90 Å². The average Bonchev–Trinajstić information content (AvgIpc) is 3.22. The third kappa shape index (κ3) is 5.36. The Morgan fingerprint density at radius 2 is 2.06 bits per heavy atom. The van der Waals surface area contributed by atoms with E-state index in [9.17, 15) is 32.9 Å². The van der Waals surface area contributed by atoms with E-state index < -0.39 is 63.5 Å². The van der Waals surface area contributed by atoms with Crippen molar-refractivity contribution in [3.63, 3.8) is 0 Å². The van der Waals surface area contributed by atoms with Crippen LogP contribution < -0.4 is 20.7 Å². The molecule has 2 aromatic rings. The second kappa shape index (κ2) is 9.40. The largest absolute Gasteiger partial charge is 0.417 e. The van der Waals surface area contributed by atoms with E-state index in [0.717, 1.165) is 6.33 Å². The third-order valence-electron chi connectivity index (χ3n) is 4.54. The summed E-state index contributed by atoms with van der Waals surface area (Å²) >= 11 is 5.81. The number of nitrogens with one attached hydrogen (secondary N) is 1. The van der Waals surface area contributed by atoms with Crippen molar-refractivity contribution < 1.29 is 32.4 Å². The number of nitrogens with two attached hydrogens (primary N) is 1. The van der Waals surface area contributed by atoms with Crippen LogP contribution in [0.1, 0.15) is 18.4 Å². The van der Waals surface area contributed by atoms with Crippen LogP contribution in [-0.2, 0) is 15.8 Å². The van der Waals surface area contributed by atoms with Gasteiger partial charge in [0.1, 0.15) is 17.4 Å². The molecule has 0 spiro atoms. The number of rotatable bonds is 7. The minimum atomic E-state index is -4.71. The standard InChI is InChI=1S/C17H15ClF3N7O5/c18-9-4-8(17(19,20)21)5-24-15(9)33-16-12(28(31)32)13(25-7-26-16)27-3-1-2-10(27)14(30)23-6-11(22)29/h4-5,7,10H,1-3,6H2,(H2,22,29)(H,23,30). The van der Waals surface area contributed by atoms with E-state index in [1.54, 1.807) is 0 Å². The van der Waals surface area contributed by atoms with Crippen LogP contribution in [0.15, 0.2) is 18.6 Å². The highest BCUT2D eigenvalue weighted by Gasteiger charge is 2.38. The van der Waals surface area contributed by atoms with Gasteiger partial charge in [-0.2, -0.15) is 18.2 Å². The van der Waals surface area contributed by atoms with Gasteiger partial charge in [-0.25, -0.2) is 9.97 Å². The second-order valence-electron chi connectivity index (χ2n) is 6.75. The number of pyridine rings is 1. The molecule has 0 aliphatic carbocycles. The summed E-state index contributed by atoms with van der Waals surface area (Å²) in [5, 5.41) is 13.6. The number of carbonyl (C=O) groups excluding carboxylic acids is 2. The van der Waals surface area contributed by atoms with E-state index >= 15 is 0 Å². The van der Waals surface area contributed by atoms with E-state index in [0.29, 0.717) is 25.1 Å². The molecule has 3 heterocycles. The summed E-state index contributed by atoms with van der Waals surface area (Å²) in [5.41, 5.74) is 3.13. The molecule has 1 aliphatic heterocycles. The Morgan fingerprint density at radius 1 is 1.33 bits per heavy atom. The molecule has 3 rings (SSSR count). The van der Waals surface area contributed by atoms with Crippen molar-refractivity contribution in [2.75, 3.05) is 18.0 Å². The first-order valence-electron chi connectivity index (χ1n) is 9.21. The van der Waals surface area contributed by atoms with Gasteiger partial charge in [-0.05, 0) is 18.9 Å². The number of aromatic nitrogens is 3. The Kier molecular flexibility index (Phi) is 6.81. The first-order chi connectivity index (χ1) is 15.5. The zero-order valence-electron chi connectivity index (χ0n) is 16.5. The lowest BCUT2D eigenvalue weighted by molar-refractivity contribution is -0.385. The number of carbonyl (C=O) groups is 2. The molecule has 2 amide bonds. The molecule has 1 unspecified atom stereocenters. The van der Waals surface area contributed by atoms with Gasteiger partial charge >= 0.3 is 17.7 Å². The summed E-state index contributed by atoms with van der Waals surface area (Å²) in [4.78, 5) is 46.7. The Bertz CT molecular complexity index is 1100. The van der Waals surface area contributed by atoms with E-state index in [1.807, 2.05) is 0 Å². The predicted molar refractivity (Wildman–Crippen MR) is 106 cm³/mol. The summed E-state index contributed by atoms with van der Waals surface area (Å²) in [5.74, 6) is -2.80. The van der Waals surface area contributed by atoms with E-state index in [4.69, 9.17) is 22.1 Å². The maximum Gasteiger partial charge on any atom is 0.417 e. The first kappa shape index (κ1) is 23.9. The fraction of sp³-hybridized carbons (Fsp3) is 0.353. The molecule has 0 saturated carbocycles. The number of anilines is 1. The highest BCUT2D eigenvalue weighted by atomic mass is 35.5. The van der Waals surface area contributed by atoms with Crippen LogP contribution in [0.3, 0.4) is 0 Å². The molecule has 33 heavy (non-hydrogen) atoms. The molecule has 1 atom stereocenters. The van der Waals surface area contributed by atoms with Crippen LogP contribution in [0.4, 0.5) is 24.7 Å². The molecule has 3 N–H and O–H groups in total. The Labute approximate surface area is 188 Å². The summed E-state index contributed by atoms with van der Waals surface area (Å²) in [7, 11) is 0. The number of ether oxygens (including phenoxy) is 1. The molecule has 1 fully saturated rings. The molecule has 16 heteroatoms. The SMILES string of the molecule is NC(=O)CNC(=O)C1CCCN1c1ncnc(Oc2ncc(C(F)(F)F)cc2Cl)c1[N+](=O)[O-]. The first-order valence-corrected chi connectivity index (χ1v) is 9.59. The topological polar surface area (TPSA) is 166 Å². The number of primary amides is 1. The van der Waals surface area contributed by atoms with Crippen molar-refractivity contribution in [2.45, 2.75) is 25.1 Å². The number of alkyl halides is 3. The van der Waals surface area contributed by atoms with Crippen molar-refractivity contribution in [3.8, 4) is 11.8 Å². The van der Waals surface area contributed by atoms with Crippen molar-refractivity contribution in [3.05, 3.63) is 39.3 Å². The van der Waals surface area contributed by atoms with Gasteiger partial charge in [0.05, 0.1) is 17.0 Å². The van der Waals surface area contributed by atoms with Gasteiger partial charge < -0.3 is 20.7 Å². The van der Waals surface area contributed by atoms with Crippen LogP contribution in [-0.4, -0.2) is 50.8 Å². The van der Waals surface area contributed by atoms with Crippen molar-refractivity contribution >= 4 is 34.9 Å². The van der Waals surface area contributed by atoms with Gasteiger partial charge in [0.2, 0.25) is 23.5 Å². The number of nitrogens with zero attached hydrogens (tertiary/aromatic N) is 5. The molecule has 0 bridgehead atoms. The van der Waals surface area contributed by atoms with Gasteiger partial charge in [-0.15, -0.1) is 0 Å². The zero-order chi connectivity index (χ0) is 24.3. The van der Waals surface area contributed by atoms with Gasteiger partial charge in [0.15, 0.2) is 0 Å². The van der Waals surface area contributed by atoms with Crippen LogP contribution >= 0.6 is 11.6 Å². The quantitative estimate of drug-likeness (QED) is 0.435. The minimum Gasteiger partial charge on any atom is -0.413 e. The Balaban J connectivity index is 1.94. The maximum absolute atomic E-state index is 12.8. The van der Waals surface area contributed by atoms with Gasteiger partial charge in [0, 0.05) is 12.7 Å². The molecule has 176 valence electrons. The summed E-state index contributed by atoms with van der Waals surface area (Å²) in [6.45, 7) is -0.202. The lowest BCUT2D eigenvalue weighted by Crippen LogP contribution is -2.46. The number of hydrogen-bond donors (Lipinski definition) is 2. The molecule has 1 aliphatic rings. The summed E-state index contributed by atoms with van der Waals surface area (Å²) < 4.78 is 43.7. The molecular weight excluding hydrogens is 475 g/mol. The lowest BCUT2D eigenvalue weighted by atomic mass is 10.2. The van der Waals surface area contributed by atoms with Crippen LogP contribution in [0, 0.1) is 10.1 Å². The monoisotopic (exact) mass is 489 g/mol. The highest BCUT2D eigenvalue weighted by Crippen LogP contribution is 2.40. The number of halogens is 4. The van der Waals surface area contributed by atoms with Crippen molar-refractivity contribution in [1.29, 1.82) is 0 Å². The number of nitro groups is 1. The fourth-order valence-corrected chi connectivity index (χ4v) is 3.34. The van der Waals surface area contributed by atoms with Crippen molar-refractivity contribution in [2.24, 2.45) is 5.73 Å². The molecule has 1 saturated heterocycles. The highest BCUT2D eigenvalue weighted by molar-refractivity contribution is 6.31. The average molecular weight is 490 g/mol. The fourth-order valence-electron chi connectivity index (χ4n) is 3.13. The van der Waals surface area contributed by atoms with Crippen LogP contribution in [0.5, 0.6) is 11.8 Å².